The number of halogens is 2. The highest BCUT2D eigenvalue weighted by Gasteiger charge is 2.04. The van der Waals surface area contributed by atoms with Crippen LogP contribution >= 0.6 is 24.8 Å². The van der Waals surface area contributed by atoms with E-state index in [-0.39, 0.29) is 24.8 Å². The molecule has 0 aromatic carbocycles. The van der Waals surface area contributed by atoms with Gasteiger partial charge in [0.25, 0.3) is 0 Å². The van der Waals surface area contributed by atoms with Gasteiger partial charge in [-0.15, -0.1) is 24.8 Å². The largest absolute Gasteiger partial charge is 0.310 e. The molecule has 0 amide bonds. The van der Waals surface area contributed by atoms with E-state index < -0.39 is 0 Å². The van der Waals surface area contributed by atoms with Crippen LogP contribution in [0.25, 0.3) is 0 Å². The summed E-state index contributed by atoms with van der Waals surface area (Å²) in [4.78, 5) is 2.17. The summed E-state index contributed by atoms with van der Waals surface area (Å²) in [5.74, 6) is 0. The highest BCUT2D eigenvalue weighted by Crippen LogP contribution is 2.06. The molecule has 0 atom stereocenters. The summed E-state index contributed by atoms with van der Waals surface area (Å²) >= 11 is 0. The van der Waals surface area contributed by atoms with Gasteiger partial charge in [-0.05, 0) is 34.0 Å². The maximum atomic E-state index is 4.30. The number of nitrogens with one attached hydrogen (secondary N) is 1. The molecule has 0 bridgehead atoms. The fourth-order valence-electron chi connectivity index (χ4n) is 1.47. The molecular formula is C11H24Cl2N4. The monoisotopic (exact) mass is 282 g/mol. The Morgan fingerprint density at radius 1 is 1.35 bits per heavy atom. The van der Waals surface area contributed by atoms with Crippen molar-refractivity contribution in [3.8, 4) is 0 Å². The highest BCUT2D eigenvalue weighted by atomic mass is 35.5. The van der Waals surface area contributed by atoms with Crippen LogP contribution in [0.3, 0.4) is 0 Å². The van der Waals surface area contributed by atoms with Crippen LogP contribution in [0.5, 0.6) is 0 Å². The van der Waals surface area contributed by atoms with Gasteiger partial charge in [-0.1, -0.05) is 0 Å². The molecule has 0 saturated carbocycles. The molecule has 1 heterocycles. The average molecular weight is 283 g/mol. The van der Waals surface area contributed by atoms with Crippen LogP contribution in [0.15, 0.2) is 12.3 Å². The van der Waals surface area contributed by atoms with Gasteiger partial charge in [-0.3, -0.25) is 4.68 Å². The van der Waals surface area contributed by atoms with E-state index in [1.165, 1.54) is 5.69 Å². The van der Waals surface area contributed by atoms with Crippen LogP contribution < -0.4 is 5.32 Å². The molecule has 0 aliphatic carbocycles. The van der Waals surface area contributed by atoms with E-state index in [0.717, 1.165) is 19.6 Å². The Hall–Kier alpha value is -0.290. The number of rotatable bonds is 6. The maximum Gasteiger partial charge on any atom is 0.0525 e. The zero-order valence-electron chi connectivity index (χ0n) is 11.0. The van der Waals surface area contributed by atoms with Gasteiger partial charge >= 0.3 is 0 Å². The Bertz CT molecular complexity index is 287. The van der Waals surface area contributed by atoms with Crippen molar-refractivity contribution < 1.29 is 0 Å². The van der Waals surface area contributed by atoms with Crippen molar-refractivity contribution in [2.24, 2.45) is 0 Å². The lowest BCUT2D eigenvalue weighted by Crippen LogP contribution is -2.27. The molecule has 0 unspecified atom stereocenters. The SMILES string of the molecule is CC(C)n1nccc1CNCCN(C)C.Cl.Cl. The molecule has 1 aromatic rings. The third kappa shape index (κ3) is 6.88. The van der Waals surface area contributed by atoms with Crippen molar-refractivity contribution in [2.45, 2.75) is 26.4 Å². The molecule has 0 spiro atoms. The first-order chi connectivity index (χ1) is 7.11. The lowest BCUT2D eigenvalue weighted by Gasteiger charge is -2.13. The second-order valence-corrected chi connectivity index (χ2v) is 4.34. The smallest absolute Gasteiger partial charge is 0.0525 e. The summed E-state index contributed by atoms with van der Waals surface area (Å²) in [5.41, 5.74) is 1.25. The third-order valence-corrected chi connectivity index (χ3v) is 2.28. The molecule has 0 fully saturated rings. The molecule has 0 radical (unpaired) electrons. The zero-order valence-corrected chi connectivity index (χ0v) is 12.6. The minimum absolute atomic E-state index is 0. The quantitative estimate of drug-likeness (QED) is 0.810. The predicted molar refractivity (Wildman–Crippen MR) is 77.4 cm³/mol. The molecular weight excluding hydrogens is 259 g/mol. The van der Waals surface area contributed by atoms with E-state index >= 15 is 0 Å². The molecule has 17 heavy (non-hydrogen) atoms. The van der Waals surface area contributed by atoms with Crippen LogP contribution in [-0.4, -0.2) is 41.9 Å². The maximum absolute atomic E-state index is 4.30. The molecule has 0 aliphatic rings. The standard InChI is InChI=1S/C11H22N4.2ClH/c1-10(2)15-11(5-6-13-15)9-12-7-8-14(3)4;;/h5-6,10,12H,7-9H2,1-4H3;2*1H. The molecule has 1 N–H and O–H groups in total. The summed E-state index contributed by atoms with van der Waals surface area (Å²) in [6.07, 6.45) is 1.86. The van der Waals surface area contributed by atoms with Crippen molar-refractivity contribution >= 4 is 24.8 Å². The van der Waals surface area contributed by atoms with Crippen LogP contribution in [-0.2, 0) is 6.54 Å². The van der Waals surface area contributed by atoms with E-state index in [0.29, 0.717) is 6.04 Å². The summed E-state index contributed by atoms with van der Waals surface area (Å²) < 4.78 is 2.06. The third-order valence-electron chi connectivity index (χ3n) is 2.28. The van der Waals surface area contributed by atoms with Gasteiger partial charge in [0.15, 0.2) is 0 Å². The summed E-state index contributed by atoms with van der Waals surface area (Å²) in [6.45, 7) is 7.27. The Morgan fingerprint density at radius 2 is 2.00 bits per heavy atom. The average Bonchev–Trinajstić information content (AvgIpc) is 2.60. The molecule has 4 nitrogen and oxygen atoms in total. The van der Waals surface area contributed by atoms with Gasteiger partial charge < -0.3 is 10.2 Å². The lowest BCUT2D eigenvalue weighted by molar-refractivity contribution is 0.396. The first-order valence-electron chi connectivity index (χ1n) is 5.49. The number of aromatic nitrogens is 2. The van der Waals surface area contributed by atoms with Gasteiger partial charge in [-0.2, -0.15) is 5.10 Å². The van der Waals surface area contributed by atoms with Crippen LogP contribution in [0.2, 0.25) is 0 Å². The number of hydrogen-bond acceptors (Lipinski definition) is 3. The number of hydrogen-bond donors (Lipinski definition) is 1. The Labute approximate surface area is 117 Å². The lowest BCUT2D eigenvalue weighted by atomic mass is 10.3. The summed E-state index contributed by atoms with van der Waals surface area (Å²) in [5, 5.41) is 7.71. The predicted octanol–water partition coefficient (Wildman–Crippen LogP) is 1.96. The van der Waals surface area contributed by atoms with Crippen LogP contribution in [0.4, 0.5) is 0 Å². The van der Waals surface area contributed by atoms with Crippen LogP contribution in [0.1, 0.15) is 25.6 Å². The Kier molecular flexibility index (Phi) is 10.9. The minimum atomic E-state index is 0. The first-order valence-corrected chi connectivity index (χ1v) is 5.49. The first kappa shape index (κ1) is 19.1. The van der Waals surface area contributed by atoms with Gasteiger partial charge in [0.2, 0.25) is 0 Å². The van der Waals surface area contributed by atoms with Gasteiger partial charge in [-0.25, -0.2) is 0 Å². The van der Waals surface area contributed by atoms with Crippen molar-refractivity contribution in [1.82, 2.24) is 20.0 Å². The van der Waals surface area contributed by atoms with Crippen molar-refractivity contribution in [3.05, 3.63) is 18.0 Å². The van der Waals surface area contributed by atoms with E-state index in [1.807, 2.05) is 6.20 Å². The molecule has 0 saturated heterocycles. The summed E-state index contributed by atoms with van der Waals surface area (Å²) in [6, 6.07) is 2.51. The normalized spacial score (nSPS) is 10.2. The van der Waals surface area contributed by atoms with Gasteiger partial charge in [0.05, 0.1) is 5.69 Å². The van der Waals surface area contributed by atoms with Crippen LogP contribution in [0, 0.1) is 0 Å². The van der Waals surface area contributed by atoms with E-state index in [1.54, 1.807) is 0 Å². The number of likely N-dealkylation sites (N-methyl/N-ethyl adjacent to an activating group) is 1. The summed E-state index contributed by atoms with van der Waals surface area (Å²) in [7, 11) is 4.17. The zero-order chi connectivity index (χ0) is 11.3. The van der Waals surface area contributed by atoms with Crippen molar-refractivity contribution in [2.75, 3.05) is 27.2 Å². The van der Waals surface area contributed by atoms with Crippen molar-refractivity contribution in [1.29, 1.82) is 0 Å². The molecule has 1 aromatic heterocycles. The Balaban J connectivity index is 0. The van der Waals surface area contributed by atoms with E-state index in [2.05, 4.69) is 54.0 Å². The fourth-order valence-corrected chi connectivity index (χ4v) is 1.47. The molecule has 1 rings (SSSR count). The highest BCUT2D eigenvalue weighted by molar-refractivity contribution is 5.85. The molecule has 0 aliphatic heterocycles. The minimum Gasteiger partial charge on any atom is -0.310 e. The number of nitrogens with zero attached hydrogens (tertiary/aromatic N) is 3. The van der Waals surface area contributed by atoms with Gasteiger partial charge in [0, 0.05) is 31.9 Å². The van der Waals surface area contributed by atoms with Gasteiger partial charge in [0.1, 0.15) is 0 Å². The van der Waals surface area contributed by atoms with E-state index in [9.17, 15) is 0 Å². The second kappa shape index (κ2) is 9.71. The fraction of sp³-hybridized carbons (Fsp3) is 0.727. The van der Waals surface area contributed by atoms with Crippen molar-refractivity contribution in [3.63, 3.8) is 0 Å². The Morgan fingerprint density at radius 3 is 2.53 bits per heavy atom. The topological polar surface area (TPSA) is 33.1 Å². The van der Waals surface area contributed by atoms with E-state index in [4.69, 9.17) is 0 Å². The second-order valence-electron chi connectivity index (χ2n) is 4.34. The molecule has 102 valence electrons. The molecule has 6 heteroatoms.